The number of amides is 2. The first-order valence-corrected chi connectivity index (χ1v) is 8.01. The molecule has 0 unspecified atom stereocenters. The highest BCUT2D eigenvalue weighted by molar-refractivity contribution is 6.34. The lowest BCUT2D eigenvalue weighted by molar-refractivity contribution is -0.118. The number of ether oxygens (including phenoxy) is 1. The lowest BCUT2D eigenvalue weighted by Crippen LogP contribution is -2.41. The van der Waals surface area contributed by atoms with Gasteiger partial charge in [0, 0.05) is 18.8 Å². The third-order valence-electron chi connectivity index (χ3n) is 3.79. The minimum Gasteiger partial charge on any atom is -0.378 e. The Labute approximate surface area is 140 Å². The van der Waals surface area contributed by atoms with Crippen LogP contribution in [-0.4, -0.2) is 49.1 Å². The summed E-state index contributed by atoms with van der Waals surface area (Å²) in [5, 5.41) is 3.02. The van der Waals surface area contributed by atoms with Crippen LogP contribution in [0.1, 0.15) is 24.2 Å². The van der Waals surface area contributed by atoms with Gasteiger partial charge in [-0.2, -0.15) is 0 Å². The zero-order valence-corrected chi connectivity index (χ0v) is 14.1. The molecule has 1 aliphatic rings. The zero-order chi connectivity index (χ0) is 17.0. The molecule has 1 heterocycles. The number of hydrogen-bond acceptors (Lipinski definition) is 4. The lowest BCUT2D eigenvalue weighted by Gasteiger charge is -2.27. The number of nitrogens with one attached hydrogen (secondary N) is 1. The molecule has 3 N–H and O–H groups in total. The minimum atomic E-state index is -0.594. The van der Waals surface area contributed by atoms with E-state index in [-0.39, 0.29) is 17.7 Å². The van der Waals surface area contributed by atoms with Crippen molar-refractivity contribution in [2.45, 2.75) is 19.9 Å². The summed E-state index contributed by atoms with van der Waals surface area (Å²) in [5.41, 5.74) is 6.74. The number of rotatable bonds is 4. The van der Waals surface area contributed by atoms with Gasteiger partial charge < -0.3 is 20.7 Å². The Balaban J connectivity index is 2.08. The van der Waals surface area contributed by atoms with Crippen molar-refractivity contribution in [2.24, 2.45) is 11.7 Å². The van der Waals surface area contributed by atoms with Crippen molar-refractivity contribution < 1.29 is 14.3 Å². The van der Waals surface area contributed by atoms with Gasteiger partial charge in [0.15, 0.2) is 0 Å². The quantitative estimate of drug-likeness (QED) is 0.875. The highest BCUT2D eigenvalue weighted by Gasteiger charge is 2.22. The third kappa shape index (κ3) is 4.43. The van der Waals surface area contributed by atoms with E-state index >= 15 is 0 Å². The van der Waals surface area contributed by atoms with Crippen LogP contribution in [-0.2, 0) is 9.53 Å². The summed E-state index contributed by atoms with van der Waals surface area (Å²) in [7, 11) is 0. The molecule has 6 nitrogen and oxygen atoms in total. The molecule has 1 aromatic rings. The second-order valence-electron chi connectivity index (χ2n) is 5.86. The van der Waals surface area contributed by atoms with Crippen LogP contribution >= 0.6 is 11.6 Å². The molecule has 1 fully saturated rings. The summed E-state index contributed by atoms with van der Waals surface area (Å²) in [4.78, 5) is 26.1. The molecule has 0 spiro atoms. The Morgan fingerprint density at radius 1 is 1.30 bits per heavy atom. The number of halogens is 1. The van der Waals surface area contributed by atoms with Crippen LogP contribution in [0.25, 0.3) is 0 Å². The summed E-state index contributed by atoms with van der Waals surface area (Å²) in [6.07, 6.45) is 0. The molecule has 0 bridgehead atoms. The largest absolute Gasteiger partial charge is 0.378 e. The van der Waals surface area contributed by atoms with Crippen LogP contribution < -0.4 is 11.1 Å². The van der Waals surface area contributed by atoms with E-state index in [1.54, 1.807) is 23.1 Å². The Hall–Kier alpha value is -1.63. The van der Waals surface area contributed by atoms with E-state index in [0.29, 0.717) is 42.6 Å². The van der Waals surface area contributed by atoms with E-state index in [1.807, 2.05) is 13.8 Å². The molecule has 0 radical (unpaired) electrons. The van der Waals surface area contributed by atoms with Crippen molar-refractivity contribution in [3.63, 3.8) is 0 Å². The first-order valence-electron chi connectivity index (χ1n) is 7.63. The molecule has 1 saturated heterocycles. The fourth-order valence-electron chi connectivity index (χ4n) is 2.23. The second-order valence-corrected chi connectivity index (χ2v) is 6.27. The maximum Gasteiger partial charge on any atom is 0.255 e. The second kappa shape index (κ2) is 7.77. The highest BCUT2D eigenvalue weighted by atomic mass is 35.5. The first kappa shape index (κ1) is 17.7. The van der Waals surface area contributed by atoms with Crippen LogP contribution in [0.3, 0.4) is 0 Å². The third-order valence-corrected chi connectivity index (χ3v) is 4.10. The van der Waals surface area contributed by atoms with Crippen LogP contribution in [0, 0.1) is 5.92 Å². The average molecular weight is 340 g/mol. The molecule has 7 heteroatoms. The van der Waals surface area contributed by atoms with Gasteiger partial charge in [0.1, 0.15) is 0 Å². The summed E-state index contributed by atoms with van der Waals surface area (Å²) >= 11 is 6.21. The molecule has 0 saturated carbocycles. The molecule has 1 aliphatic heterocycles. The fourth-order valence-corrected chi connectivity index (χ4v) is 2.49. The van der Waals surface area contributed by atoms with Crippen LogP contribution in [0.4, 0.5) is 5.69 Å². The summed E-state index contributed by atoms with van der Waals surface area (Å²) in [6, 6.07) is 4.25. The van der Waals surface area contributed by atoms with Gasteiger partial charge in [-0.1, -0.05) is 25.4 Å². The van der Waals surface area contributed by atoms with Crippen LogP contribution in [0.15, 0.2) is 18.2 Å². The lowest BCUT2D eigenvalue weighted by atomic mass is 10.0. The van der Waals surface area contributed by atoms with Gasteiger partial charge in [0.25, 0.3) is 5.91 Å². The molecular formula is C16H22ClN3O3. The van der Waals surface area contributed by atoms with Crippen molar-refractivity contribution in [3.05, 3.63) is 28.8 Å². The molecule has 0 aromatic heterocycles. The predicted molar refractivity (Wildman–Crippen MR) is 89.6 cm³/mol. The zero-order valence-electron chi connectivity index (χ0n) is 13.3. The van der Waals surface area contributed by atoms with Gasteiger partial charge in [-0.3, -0.25) is 9.59 Å². The molecule has 2 rings (SSSR count). The Morgan fingerprint density at radius 2 is 1.96 bits per heavy atom. The van der Waals surface area contributed by atoms with Crippen LogP contribution in [0.2, 0.25) is 5.02 Å². The molecule has 1 aromatic carbocycles. The molecule has 126 valence electrons. The van der Waals surface area contributed by atoms with Gasteiger partial charge >= 0.3 is 0 Å². The minimum absolute atomic E-state index is 0.0349. The Kier molecular flexibility index (Phi) is 5.98. The smallest absolute Gasteiger partial charge is 0.255 e. The van der Waals surface area contributed by atoms with E-state index in [9.17, 15) is 9.59 Å². The summed E-state index contributed by atoms with van der Waals surface area (Å²) < 4.78 is 5.23. The standard InChI is InChI=1S/C16H22ClN3O3/c1-10(2)14(18)15(21)19-11-3-4-12(13(17)9-11)16(22)20-5-7-23-8-6-20/h3-4,9-10,14H,5-8,18H2,1-2H3,(H,19,21)/t14-/m0/s1. The van der Waals surface area contributed by atoms with Gasteiger partial charge in [0.2, 0.25) is 5.91 Å². The predicted octanol–water partition coefficient (Wildman–Crippen LogP) is 1.73. The summed E-state index contributed by atoms with van der Waals surface area (Å²) in [6.45, 7) is 5.92. The number of anilines is 1. The van der Waals surface area contributed by atoms with E-state index < -0.39 is 6.04 Å². The monoisotopic (exact) mass is 339 g/mol. The molecule has 0 aliphatic carbocycles. The molecule has 2 amide bonds. The number of carbonyl (C=O) groups excluding carboxylic acids is 2. The Bertz CT molecular complexity index is 586. The van der Waals surface area contributed by atoms with Crippen molar-refractivity contribution in [3.8, 4) is 0 Å². The van der Waals surface area contributed by atoms with Gasteiger partial charge in [-0.25, -0.2) is 0 Å². The van der Waals surface area contributed by atoms with Gasteiger partial charge in [0.05, 0.1) is 29.8 Å². The van der Waals surface area contributed by atoms with Crippen molar-refractivity contribution in [1.29, 1.82) is 0 Å². The highest BCUT2D eigenvalue weighted by Crippen LogP contribution is 2.23. The van der Waals surface area contributed by atoms with Crippen molar-refractivity contribution >= 4 is 29.1 Å². The maximum atomic E-state index is 12.4. The molecule has 1 atom stereocenters. The topological polar surface area (TPSA) is 84.7 Å². The SMILES string of the molecule is CC(C)[C@H](N)C(=O)Nc1ccc(C(=O)N2CCOCC2)c(Cl)c1. The van der Waals surface area contributed by atoms with Crippen molar-refractivity contribution in [2.75, 3.05) is 31.6 Å². The number of nitrogens with zero attached hydrogens (tertiary/aromatic N) is 1. The number of hydrogen-bond donors (Lipinski definition) is 2. The van der Waals surface area contributed by atoms with E-state index in [2.05, 4.69) is 5.32 Å². The normalized spacial score (nSPS) is 16.3. The summed E-state index contributed by atoms with van der Waals surface area (Å²) in [5.74, 6) is -0.369. The van der Waals surface area contributed by atoms with E-state index in [4.69, 9.17) is 22.1 Å². The number of benzene rings is 1. The number of morpholine rings is 1. The average Bonchev–Trinajstić information content (AvgIpc) is 2.54. The maximum absolute atomic E-state index is 12.4. The van der Waals surface area contributed by atoms with Gasteiger partial charge in [-0.15, -0.1) is 0 Å². The van der Waals surface area contributed by atoms with E-state index in [1.165, 1.54) is 0 Å². The van der Waals surface area contributed by atoms with Crippen LogP contribution in [0.5, 0.6) is 0 Å². The fraction of sp³-hybridized carbons (Fsp3) is 0.500. The first-order chi connectivity index (χ1) is 10.9. The number of carbonyl (C=O) groups is 2. The van der Waals surface area contributed by atoms with Gasteiger partial charge in [-0.05, 0) is 24.1 Å². The van der Waals surface area contributed by atoms with E-state index in [0.717, 1.165) is 0 Å². The number of nitrogens with two attached hydrogens (primary N) is 1. The molecule has 23 heavy (non-hydrogen) atoms. The Morgan fingerprint density at radius 3 is 2.52 bits per heavy atom. The van der Waals surface area contributed by atoms with Crippen molar-refractivity contribution in [1.82, 2.24) is 4.90 Å². The molecular weight excluding hydrogens is 318 g/mol.